The Bertz CT molecular complexity index is 249. The minimum Gasteiger partial charge on any atom is -0.329 e. The Morgan fingerprint density at radius 1 is 1.57 bits per heavy atom. The largest absolute Gasteiger partial charge is 0.329 e. The number of imide groups is 1. The second-order valence-corrected chi connectivity index (χ2v) is 4.10. The van der Waals surface area contributed by atoms with Gasteiger partial charge in [-0.1, -0.05) is 13.8 Å². The first kappa shape index (κ1) is 11.0. The Labute approximate surface area is 83.6 Å². The molecule has 0 aromatic rings. The summed E-state index contributed by atoms with van der Waals surface area (Å²) < 4.78 is 0. The maximum Gasteiger partial charge on any atom is 0.325 e. The maximum atomic E-state index is 11.5. The van der Waals surface area contributed by atoms with Crippen molar-refractivity contribution in [2.45, 2.75) is 26.3 Å². The van der Waals surface area contributed by atoms with E-state index in [4.69, 9.17) is 5.73 Å². The summed E-state index contributed by atoms with van der Waals surface area (Å²) in [4.78, 5) is 24.2. The molecule has 5 nitrogen and oxygen atoms in total. The molecule has 0 saturated carbocycles. The molecule has 0 aromatic heterocycles. The topological polar surface area (TPSA) is 75.4 Å². The molecule has 1 rings (SSSR count). The first-order valence-corrected chi connectivity index (χ1v) is 4.74. The van der Waals surface area contributed by atoms with E-state index in [9.17, 15) is 9.59 Å². The number of hydrogen-bond acceptors (Lipinski definition) is 3. The number of urea groups is 1. The molecule has 1 saturated heterocycles. The van der Waals surface area contributed by atoms with Gasteiger partial charge in [0.25, 0.3) is 5.91 Å². The average molecular weight is 199 g/mol. The molecular weight excluding hydrogens is 182 g/mol. The Morgan fingerprint density at radius 2 is 2.14 bits per heavy atom. The lowest BCUT2D eigenvalue weighted by atomic mass is 9.87. The predicted molar refractivity (Wildman–Crippen MR) is 52.5 cm³/mol. The van der Waals surface area contributed by atoms with Crippen LogP contribution in [-0.2, 0) is 4.79 Å². The van der Waals surface area contributed by atoms with Crippen LogP contribution in [0.3, 0.4) is 0 Å². The van der Waals surface area contributed by atoms with Gasteiger partial charge in [0.15, 0.2) is 0 Å². The van der Waals surface area contributed by atoms with E-state index in [2.05, 4.69) is 5.32 Å². The van der Waals surface area contributed by atoms with Crippen molar-refractivity contribution >= 4 is 11.9 Å². The van der Waals surface area contributed by atoms with Crippen molar-refractivity contribution in [2.75, 3.05) is 13.1 Å². The lowest BCUT2D eigenvalue weighted by molar-refractivity contribution is -0.129. The van der Waals surface area contributed by atoms with Crippen molar-refractivity contribution in [1.29, 1.82) is 0 Å². The fourth-order valence-electron chi connectivity index (χ4n) is 1.52. The standard InChI is InChI=1S/C9H17N3O2/c1-6(2)9(3,5-10)12-7(13)4-11-8(12)14/h6H,4-5,10H2,1-3H3,(H,11,14). The van der Waals surface area contributed by atoms with Crippen molar-refractivity contribution in [3.05, 3.63) is 0 Å². The molecule has 0 bridgehead atoms. The summed E-state index contributed by atoms with van der Waals surface area (Å²) in [5.74, 6) is -0.0584. The third-order valence-corrected chi connectivity index (χ3v) is 3.01. The highest BCUT2D eigenvalue weighted by Crippen LogP contribution is 2.25. The third-order valence-electron chi connectivity index (χ3n) is 3.01. The molecule has 0 spiro atoms. The van der Waals surface area contributed by atoms with E-state index in [1.807, 2.05) is 20.8 Å². The molecule has 1 unspecified atom stereocenters. The summed E-state index contributed by atoms with van der Waals surface area (Å²) in [5, 5.41) is 2.50. The average Bonchev–Trinajstić information content (AvgIpc) is 2.45. The van der Waals surface area contributed by atoms with Gasteiger partial charge in [-0.2, -0.15) is 0 Å². The molecule has 3 amide bonds. The van der Waals surface area contributed by atoms with Gasteiger partial charge in [-0.05, 0) is 12.8 Å². The molecule has 1 atom stereocenters. The van der Waals surface area contributed by atoms with Gasteiger partial charge >= 0.3 is 6.03 Å². The molecule has 0 aliphatic carbocycles. The number of nitrogens with two attached hydrogens (primary N) is 1. The van der Waals surface area contributed by atoms with Crippen molar-refractivity contribution in [1.82, 2.24) is 10.2 Å². The van der Waals surface area contributed by atoms with E-state index < -0.39 is 5.54 Å². The molecule has 1 fully saturated rings. The van der Waals surface area contributed by atoms with Crippen LogP contribution >= 0.6 is 0 Å². The number of carbonyl (C=O) groups is 2. The predicted octanol–water partition coefficient (Wildman–Crippen LogP) is -0.0884. The van der Waals surface area contributed by atoms with Gasteiger partial charge in [0, 0.05) is 6.54 Å². The van der Waals surface area contributed by atoms with Crippen LogP contribution < -0.4 is 11.1 Å². The maximum absolute atomic E-state index is 11.5. The van der Waals surface area contributed by atoms with Gasteiger partial charge in [-0.3, -0.25) is 9.69 Å². The van der Waals surface area contributed by atoms with Gasteiger partial charge in [0.2, 0.25) is 0 Å². The zero-order valence-electron chi connectivity index (χ0n) is 8.83. The van der Waals surface area contributed by atoms with Gasteiger partial charge in [-0.15, -0.1) is 0 Å². The highest BCUT2D eigenvalue weighted by Gasteiger charge is 2.44. The number of rotatable bonds is 3. The van der Waals surface area contributed by atoms with Crippen LogP contribution in [0, 0.1) is 5.92 Å². The highest BCUT2D eigenvalue weighted by molar-refractivity contribution is 6.02. The van der Waals surface area contributed by atoms with E-state index in [1.165, 1.54) is 4.90 Å². The third kappa shape index (κ3) is 1.48. The van der Waals surface area contributed by atoms with Gasteiger partial charge in [0.1, 0.15) is 0 Å². The SMILES string of the molecule is CC(C)C(C)(CN)N1C(=O)CNC1=O. The number of hydrogen-bond donors (Lipinski definition) is 2. The van der Waals surface area contributed by atoms with E-state index in [0.29, 0.717) is 0 Å². The fraction of sp³-hybridized carbons (Fsp3) is 0.778. The number of carbonyl (C=O) groups excluding carboxylic acids is 2. The number of nitrogens with one attached hydrogen (secondary N) is 1. The molecule has 3 N–H and O–H groups in total. The van der Waals surface area contributed by atoms with Crippen LogP contribution in [0.15, 0.2) is 0 Å². The van der Waals surface area contributed by atoms with E-state index >= 15 is 0 Å². The van der Waals surface area contributed by atoms with E-state index in [1.54, 1.807) is 0 Å². The van der Waals surface area contributed by atoms with Gasteiger partial charge < -0.3 is 11.1 Å². The van der Waals surface area contributed by atoms with Crippen molar-refractivity contribution < 1.29 is 9.59 Å². The summed E-state index contributed by atoms with van der Waals surface area (Å²) in [6.45, 7) is 6.10. The Hall–Kier alpha value is -1.10. The van der Waals surface area contributed by atoms with E-state index in [0.717, 1.165) is 0 Å². The molecule has 1 heterocycles. The Kier molecular flexibility index (Phi) is 2.80. The lowest BCUT2D eigenvalue weighted by Gasteiger charge is -2.39. The minimum absolute atomic E-state index is 0.0845. The molecule has 14 heavy (non-hydrogen) atoms. The fourth-order valence-corrected chi connectivity index (χ4v) is 1.52. The first-order chi connectivity index (χ1) is 6.43. The van der Waals surface area contributed by atoms with Crippen LogP contribution in [-0.4, -0.2) is 35.5 Å². The van der Waals surface area contributed by atoms with Gasteiger partial charge in [0.05, 0.1) is 12.1 Å². The zero-order valence-corrected chi connectivity index (χ0v) is 8.83. The molecule has 0 aromatic carbocycles. The van der Waals surface area contributed by atoms with Crippen LogP contribution in [0.5, 0.6) is 0 Å². The minimum atomic E-state index is -0.586. The number of amides is 3. The quantitative estimate of drug-likeness (QED) is 0.624. The van der Waals surface area contributed by atoms with Crippen molar-refractivity contribution in [3.63, 3.8) is 0 Å². The Morgan fingerprint density at radius 3 is 2.43 bits per heavy atom. The second-order valence-electron chi connectivity index (χ2n) is 4.10. The van der Waals surface area contributed by atoms with Crippen LogP contribution in [0.1, 0.15) is 20.8 Å². The summed E-state index contributed by atoms with van der Waals surface area (Å²) in [6.07, 6.45) is 0. The summed E-state index contributed by atoms with van der Waals surface area (Å²) in [5.41, 5.74) is 5.05. The Balaban J connectivity index is 2.99. The van der Waals surface area contributed by atoms with Crippen LogP contribution in [0.2, 0.25) is 0 Å². The van der Waals surface area contributed by atoms with Crippen molar-refractivity contribution in [3.8, 4) is 0 Å². The smallest absolute Gasteiger partial charge is 0.325 e. The van der Waals surface area contributed by atoms with Crippen LogP contribution in [0.4, 0.5) is 4.79 Å². The summed E-state index contributed by atoms with van der Waals surface area (Å²) in [6, 6.07) is -0.336. The molecule has 1 aliphatic heterocycles. The normalized spacial score (nSPS) is 21.4. The molecule has 80 valence electrons. The molecule has 1 aliphatic rings. The number of nitrogens with zero attached hydrogens (tertiary/aromatic N) is 1. The summed E-state index contributed by atoms with van der Waals surface area (Å²) >= 11 is 0. The second kappa shape index (κ2) is 3.57. The highest BCUT2D eigenvalue weighted by atomic mass is 16.2. The first-order valence-electron chi connectivity index (χ1n) is 4.74. The molecule has 5 heteroatoms. The zero-order chi connectivity index (χ0) is 10.9. The van der Waals surface area contributed by atoms with Crippen molar-refractivity contribution in [2.24, 2.45) is 11.7 Å². The van der Waals surface area contributed by atoms with Crippen LogP contribution in [0.25, 0.3) is 0 Å². The molecular formula is C9H17N3O2. The monoisotopic (exact) mass is 199 g/mol. The van der Waals surface area contributed by atoms with E-state index in [-0.39, 0.29) is 30.9 Å². The molecule has 0 radical (unpaired) electrons. The van der Waals surface area contributed by atoms with Gasteiger partial charge in [-0.25, -0.2) is 4.79 Å². The summed E-state index contributed by atoms with van der Waals surface area (Å²) in [7, 11) is 0. The lowest BCUT2D eigenvalue weighted by Crippen LogP contribution is -2.57.